The summed E-state index contributed by atoms with van der Waals surface area (Å²) in [6.45, 7) is 1.45. The summed E-state index contributed by atoms with van der Waals surface area (Å²) in [7, 11) is 0. The van der Waals surface area contributed by atoms with E-state index in [1.165, 1.54) is 34.5 Å². The van der Waals surface area contributed by atoms with Crippen molar-refractivity contribution in [1.82, 2.24) is 19.4 Å². The van der Waals surface area contributed by atoms with Gasteiger partial charge in [0.1, 0.15) is 17.2 Å². The summed E-state index contributed by atoms with van der Waals surface area (Å²) >= 11 is 1.31. The molecule has 3 aromatic heterocycles. The molecule has 0 atom stereocenters. The van der Waals surface area contributed by atoms with E-state index in [1.54, 1.807) is 10.3 Å². The molecule has 4 heterocycles. The lowest BCUT2D eigenvalue weighted by Gasteiger charge is -2.15. The van der Waals surface area contributed by atoms with E-state index in [0.717, 1.165) is 32.1 Å². The second-order valence-corrected chi connectivity index (χ2v) is 6.84. The molecule has 3 aromatic rings. The van der Waals surface area contributed by atoms with Gasteiger partial charge >= 0.3 is 0 Å². The molecule has 1 saturated heterocycles. The molecule has 0 aliphatic carbocycles. The maximum atomic E-state index is 13.5. The number of amides is 1. The predicted molar refractivity (Wildman–Crippen MR) is 92.9 cm³/mol. The number of pyridine rings is 1. The molecule has 1 aliphatic rings. The molecular weight excluding hydrogens is 343 g/mol. The molecule has 0 spiro atoms. The lowest BCUT2D eigenvalue weighted by atomic mass is 10.1. The van der Waals surface area contributed by atoms with Crippen LogP contribution in [0.5, 0.6) is 0 Å². The highest BCUT2D eigenvalue weighted by molar-refractivity contribution is 7.17. The van der Waals surface area contributed by atoms with E-state index in [0.29, 0.717) is 21.3 Å². The molecule has 128 valence electrons. The number of nitrogens with zero attached hydrogens (tertiary/aromatic N) is 4. The SMILES string of the molecule is O=C(Cn1cnc2scc(-c3cncc(F)c3)c2c1=O)N1CCCC1. The number of hydrogen-bond donors (Lipinski definition) is 0. The minimum atomic E-state index is -0.467. The average Bonchev–Trinajstić information content (AvgIpc) is 3.27. The van der Waals surface area contributed by atoms with E-state index in [4.69, 9.17) is 0 Å². The topological polar surface area (TPSA) is 68.1 Å². The Morgan fingerprint density at radius 1 is 1.28 bits per heavy atom. The van der Waals surface area contributed by atoms with Gasteiger partial charge in [-0.1, -0.05) is 0 Å². The number of carbonyl (C=O) groups is 1. The summed E-state index contributed by atoms with van der Waals surface area (Å²) in [5, 5.41) is 2.16. The van der Waals surface area contributed by atoms with E-state index in [-0.39, 0.29) is 18.0 Å². The van der Waals surface area contributed by atoms with Gasteiger partial charge in [-0.2, -0.15) is 0 Å². The average molecular weight is 358 g/mol. The first kappa shape index (κ1) is 15.9. The van der Waals surface area contributed by atoms with Crippen LogP contribution in [0.1, 0.15) is 12.8 Å². The third kappa shape index (κ3) is 2.93. The van der Waals surface area contributed by atoms with E-state index < -0.39 is 5.82 Å². The summed E-state index contributed by atoms with van der Waals surface area (Å²) in [5.41, 5.74) is 0.819. The third-order valence-electron chi connectivity index (χ3n) is 4.34. The number of carbonyl (C=O) groups excluding carboxylic acids is 1. The number of aromatic nitrogens is 3. The first-order valence-corrected chi connectivity index (χ1v) is 8.87. The van der Waals surface area contributed by atoms with Gasteiger partial charge in [-0.3, -0.25) is 19.1 Å². The van der Waals surface area contributed by atoms with Gasteiger partial charge in [0.2, 0.25) is 5.91 Å². The molecule has 1 aliphatic heterocycles. The quantitative estimate of drug-likeness (QED) is 0.720. The van der Waals surface area contributed by atoms with Gasteiger partial charge in [-0.15, -0.1) is 11.3 Å². The number of halogens is 1. The van der Waals surface area contributed by atoms with Crippen molar-refractivity contribution >= 4 is 27.5 Å². The Hall–Kier alpha value is -2.61. The highest BCUT2D eigenvalue weighted by atomic mass is 32.1. The van der Waals surface area contributed by atoms with E-state index in [1.807, 2.05) is 0 Å². The summed E-state index contributed by atoms with van der Waals surface area (Å²) in [6.07, 6.45) is 6.03. The van der Waals surface area contributed by atoms with Crippen LogP contribution in [-0.4, -0.2) is 38.4 Å². The maximum Gasteiger partial charge on any atom is 0.263 e. The van der Waals surface area contributed by atoms with Gasteiger partial charge in [0, 0.05) is 35.8 Å². The van der Waals surface area contributed by atoms with Crippen LogP contribution in [0.25, 0.3) is 21.3 Å². The Morgan fingerprint density at radius 3 is 2.84 bits per heavy atom. The summed E-state index contributed by atoms with van der Waals surface area (Å²) in [4.78, 5) is 35.6. The number of thiophene rings is 1. The number of rotatable bonds is 3. The van der Waals surface area contributed by atoms with Gasteiger partial charge in [-0.25, -0.2) is 9.37 Å². The molecule has 4 rings (SSSR count). The second-order valence-electron chi connectivity index (χ2n) is 5.99. The van der Waals surface area contributed by atoms with Crippen LogP contribution < -0.4 is 5.56 Å². The fourth-order valence-electron chi connectivity index (χ4n) is 3.06. The largest absolute Gasteiger partial charge is 0.341 e. The Labute approximate surface area is 146 Å². The number of likely N-dealkylation sites (tertiary alicyclic amines) is 1. The molecule has 0 saturated carbocycles. The maximum absolute atomic E-state index is 13.5. The Morgan fingerprint density at radius 2 is 2.08 bits per heavy atom. The molecule has 0 aromatic carbocycles. The monoisotopic (exact) mass is 358 g/mol. The van der Waals surface area contributed by atoms with Crippen LogP contribution in [0, 0.1) is 5.82 Å². The number of fused-ring (bicyclic) bond motifs is 1. The van der Waals surface area contributed by atoms with Crippen molar-refractivity contribution in [3.63, 3.8) is 0 Å². The minimum Gasteiger partial charge on any atom is -0.341 e. The van der Waals surface area contributed by atoms with Crippen molar-refractivity contribution in [3.8, 4) is 11.1 Å². The summed E-state index contributed by atoms with van der Waals surface area (Å²) in [5.74, 6) is -0.546. The van der Waals surface area contributed by atoms with E-state index in [2.05, 4.69) is 9.97 Å². The Balaban J connectivity index is 1.75. The Bertz CT molecular complexity index is 1010. The zero-order valence-corrected chi connectivity index (χ0v) is 14.1. The van der Waals surface area contributed by atoms with E-state index in [9.17, 15) is 14.0 Å². The van der Waals surface area contributed by atoms with Crippen LogP contribution >= 0.6 is 11.3 Å². The molecule has 0 N–H and O–H groups in total. The molecule has 0 unspecified atom stereocenters. The molecule has 6 nitrogen and oxygen atoms in total. The van der Waals surface area contributed by atoms with Crippen molar-refractivity contribution in [1.29, 1.82) is 0 Å². The van der Waals surface area contributed by atoms with Crippen LogP contribution in [-0.2, 0) is 11.3 Å². The van der Waals surface area contributed by atoms with Crippen LogP contribution in [0.4, 0.5) is 4.39 Å². The standard InChI is InChI=1S/C17H15FN4O2S/c18-12-5-11(6-19-7-12)13-9-25-16-15(13)17(24)22(10-20-16)8-14(23)21-3-1-2-4-21/h5-7,9-10H,1-4,8H2. The third-order valence-corrected chi connectivity index (χ3v) is 5.23. The first-order valence-electron chi connectivity index (χ1n) is 7.99. The van der Waals surface area contributed by atoms with Crippen LogP contribution in [0.2, 0.25) is 0 Å². The molecule has 0 bridgehead atoms. The van der Waals surface area contributed by atoms with Crippen LogP contribution in [0.3, 0.4) is 0 Å². The molecular formula is C17H15FN4O2S. The molecule has 1 fully saturated rings. The zero-order chi connectivity index (χ0) is 17.4. The van der Waals surface area contributed by atoms with Gasteiger partial charge in [-0.05, 0) is 18.9 Å². The van der Waals surface area contributed by atoms with E-state index >= 15 is 0 Å². The van der Waals surface area contributed by atoms with Crippen LogP contribution in [0.15, 0.2) is 35.0 Å². The molecule has 1 amide bonds. The molecule has 25 heavy (non-hydrogen) atoms. The fourth-order valence-corrected chi connectivity index (χ4v) is 3.97. The Kier molecular flexibility index (Phi) is 4.04. The minimum absolute atomic E-state index is 0.0293. The lowest BCUT2D eigenvalue weighted by molar-refractivity contribution is -0.130. The van der Waals surface area contributed by atoms with Gasteiger partial charge in [0.05, 0.1) is 17.9 Å². The number of hydrogen-bond acceptors (Lipinski definition) is 5. The first-order chi connectivity index (χ1) is 12.1. The second kappa shape index (κ2) is 6.36. The summed E-state index contributed by atoms with van der Waals surface area (Å²) < 4.78 is 14.8. The lowest BCUT2D eigenvalue weighted by Crippen LogP contribution is -2.34. The summed E-state index contributed by atoms with van der Waals surface area (Å²) in [6, 6.07) is 1.33. The van der Waals surface area contributed by atoms with Crippen molar-refractivity contribution in [2.75, 3.05) is 13.1 Å². The highest BCUT2D eigenvalue weighted by Crippen LogP contribution is 2.30. The van der Waals surface area contributed by atoms with Crippen molar-refractivity contribution in [2.45, 2.75) is 19.4 Å². The molecule has 0 radical (unpaired) electrons. The predicted octanol–water partition coefficient (Wildman–Crippen LogP) is 2.28. The normalized spacial score (nSPS) is 14.4. The van der Waals surface area contributed by atoms with Gasteiger partial charge in [0.15, 0.2) is 0 Å². The highest BCUT2D eigenvalue weighted by Gasteiger charge is 2.20. The van der Waals surface area contributed by atoms with Crippen molar-refractivity contribution in [2.24, 2.45) is 0 Å². The van der Waals surface area contributed by atoms with Crippen molar-refractivity contribution < 1.29 is 9.18 Å². The molecule has 8 heteroatoms. The van der Waals surface area contributed by atoms with Crippen molar-refractivity contribution in [3.05, 3.63) is 46.3 Å². The zero-order valence-electron chi connectivity index (χ0n) is 13.3. The van der Waals surface area contributed by atoms with Gasteiger partial charge in [0.25, 0.3) is 5.56 Å². The van der Waals surface area contributed by atoms with Gasteiger partial charge < -0.3 is 4.90 Å². The smallest absolute Gasteiger partial charge is 0.263 e. The fraction of sp³-hybridized carbons (Fsp3) is 0.294.